The Hall–Kier alpha value is -4.96. The van der Waals surface area contributed by atoms with E-state index in [1.165, 1.54) is 17.4 Å². The molecule has 1 aliphatic heterocycles. The van der Waals surface area contributed by atoms with Crippen molar-refractivity contribution in [2.75, 3.05) is 13.7 Å². The molecule has 0 aliphatic carbocycles. The molecule has 0 radical (unpaired) electrons. The first-order chi connectivity index (χ1) is 21.3. The lowest BCUT2D eigenvalue weighted by atomic mass is 9.93. The van der Waals surface area contributed by atoms with Crippen LogP contribution in [-0.4, -0.2) is 35.3 Å². The first-order valence-corrected chi connectivity index (χ1v) is 15.1. The minimum Gasteiger partial charge on any atom is -0.496 e. The van der Waals surface area contributed by atoms with Crippen LogP contribution in [0, 0.1) is 0 Å². The van der Waals surface area contributed by atoms with Crippen LogP contribution in [0.1, 0.15) is 59.8 Å². The SMILES string of the molecule is CCCC1=C(C(=O)OCC)[C@@H](c2ccccc2OC)n2c(s/c(=C\c3ccc(OCc4cccc(C(=O)O)c4)cc3)c2=O)=N1. The molecule has 226 valence electrons. The molecule has 0 bridgehead atoms. The van der Waals surface area contributed by atoms with Gasteiger partial charge in [0.2, 0.25) is 0 Å². The molecule has 0 amide bonds. The van der Waals surface area contributed by atoms with Crippen LogP contribution in [0.25, 0.3) is 6.08 Å². The molecule has 0 unspecified atom stereocenters. The fourth-order valence-electron chi connectivity index (χ4n) is 5.08. The Bertz CT molecular complexity index is 1900. The summed E-state index contributed by atoms with van der Waals surface area (Å²) in [6, 6.07) is 20.4. The fourth-order valence-corrected chi connectivity index (χ4v) is 6.10. The van der Waals surface area contributed by atoms with Gasteiger partial charge in [0.15, 0.2) is 4.80 Å². The Kier molecular flexibility index (Phi) is 9.40. The predicted octanol–water partition coefficient (Wildman–Crippen LogP) is 4.86. The Morgan fingerprint density at radius 1 is 1.05 bits per heavy atom. The molecule has 1 N–H and O–H groups in total. The van der Waals surface area contributed by atoms with E-state index in [2.05, 4.69) is 0 Å². The Morgan fingerprint density at radius 3 is 2.52 bits per heavy atom. The van der Waals surface area contributed by atoms with Gasteiger partial charge in [-0.05, 0) is 60.9 Å². The lowest BCUT2D eigenvalue weighted by Gasteiger charge is -2.26. The molecule has 10 heteroatoms. The number of hydrogen-bond acceptors (Lipinski definition) is 8. The van der Waals surface area contributed by atoms with E-state index in [1.54, 1.807) is 61.1 Å². The highest BCUT2D eigenvalue weighted by Gasteiger charge is 2.35. The number of allylic oxidation sites excluding steroid dienone is 1. The van der Waals surface area contributed by atoms with Crippen molar-refractivity contribution in [3.8, 4) is 11.5 Å². The Balaban J connectivity index is 1.52. The molecule has 44 heavy (non-hydrogen) atoms. The average molecular weight is 613 g/mol. The summed E-state index contributed by atoms with van der Waals surface area (Å²) in [6.45, 7) is 4.17. The summed E-state index contributed by atoms with van der Waals surface area (Å²) in [5.41, 5.74) is 3.06. The van der Waals surface area contributed by atoms with Crippen molar-refractivity contribution in [3.63, 3.8) is 0 Å². The summed E-state index contributed by atoms with van der Waals surface area (Å²) < 4.78 is 19.0. The van der Waals surface area contributed by atoms with Crippen molar-refractivity contribution in [2.45, 2.75) is 39.3 Å². The second kappa shape index (κ2) is 13.6. The molecule has 2 heterocycles. The van der Waals surface area contributed by atoms with E-state index >= 15 is 0 Å². The number of methoxy groups -OCH3 is 1. The molecular weight excluding hydrogens is 580 g/mol. The predicted molar refractivity (Wildman–Crippen MR) is 167 cm³/mol. The molecule has 1 aliphatic rings. The van der Waals surface area contributed by atoms with Gasteiger partial charge in [-0.15, -0.1) is 0 Å². The van der Waals surface area contributed by atoms with E-state index in [0.29, 0.717) is 44.1 Å². The minimum atomic E-state index is -0.991. The van der Waals surface area contributed by atoms with Crippen LogP contribution >= 0.6 is 11.3 Å². The van der Waals surface area contributed by atoms with Gasteiger partial charge in [-0.25, -0.2) is 14.6 Å². The summed E-state index contributed by atoms with van der Waals surface area (Å²) in [5, 5.41) is 9.21. The molecule has 4 aromatic rings. The van der Waals surface area contributed by atoms with Crippen LogP contribution in [0.4, 0.5) is 0 Å². The minimum absolute atomic E-state index is 0.194. The zero-order valence-electron chi connectivity index (χ0n) is 24.6. The quantitative estimate of drug-likeness (QED) is 0.241. The number of hydrogen-bond donors (Lipinski definition) is 1. The van der Waals surface area contributed by atoms with Gasteiger partial charge in [0, 0.05) is 5.56 Å². The maximum Gasteiger partial charge on any atom is 0.338 e. The third-order valence-electron chi connectivity index (χ3n) is 7.08. The van der Waals surface area contributed by atoms with Crippen molar-refractivity contribution in [1.29, 1.82) is 0 Å². The number of carbonyl (C=O) groups excluding carboxylic acids is 1. The second-order valence-electron chi connectivity index (χ2n) is 10.0. The van der Waals surface area contributed by atoms with E-state index in [-0.39, 0.29) is 24.3 Å². The van der Waals surface area contributed by atoms with Gasteiger partial charge in [0.1, 0.15) is 24.1 Å². The first-order valence-electron chi connectivity index (χ1n) is 14.2. The zero-order chi connectivity index (χ0) is 31.2. The van der Waals surface area contributed by atoms with Crippen molar-refractivity contribution in [2.24, 2.45) is 4.99 Å². The number of carboxylic acids is 1. The van der Waals surface area contributed by atoms with Crippen LogP contribution in [0.15, 0.2) is 93.9 Å². The van der Waals surface area contributed by atoms with E-state index in [0.717, 1.165) is 17.5 Å². The summed E-state index contributed by atoms with van der Waals surface area (Å²) >= 11 is 1.26. The zero-order valence-corrected chi connectivity index (χ0v) is 25.4. The van der Waals surface area contributed by atoms with Crippen LogP contribution in [-0.2, 0) is 16.1 Å². The number of carbonyl (C=O) groups is 2. The second-order valence-corrected chi connectivity index (χ2v) is 11.0. The number of esters is 1. The molecule has 0 spiro atoms. The van der Waals surface area contributed by atoms with E-state index in [9.17, 15) is 19.5 Å². The van der Waals surface area contributed by atoms with Crippen LogP contribution < -0.4 is 24.4 Å². The molecule has 9 nitrogen and oxygen atoms in total. The highest BCUT2D eigenvalue weighted by Crippen LogP contribution is 2.36. The van der Waals surface area contributed by atoms with Gasteiger partial charge >= 0.3 is 11.9 Å². The first kappa shape index (κ1) is 30.5. The summed E-state index contributed by atoms with van der Waals surface area (Å²) in [4.78, 5) is 43.9. The molecule has 1 atom stereocenters. The normalized spacial score (nSPS) is 14.5. The Morgan fingerprint density at radius 2 is 1.82 bits per heavy atom. The van der Waals surface area contributed by atoms with Gasteiger partial charge in [-0.3, -0.25) is 9.36 Å². The smallest absolute Gasteiger partial charge is 0.338 e. The van der Waals surface area contributed by atoms with Gasteiger partial charge in [-0.2, -0.15) is 0 Å². The molecule has 3 aromatic carbocycles. The molecule has 5 rings (SSSR count). The number of aromatic nitrogens is 1. The fraction of sp³-hybridized carbons (Fsp3) is 0.235. The largest absolute Gasteiger partial charge is 0.496 e. The number of rotatable bonds is 11. The Labute approximate surface area is 258 Å². The maximum absolute atomic E-state index is 14.0. The number of ether oxygens (including phenoxy) is 3. The molecule has 1 aromatic heterocycles. The van der Waals surface area contributed by atoms with Crippen molar-refractivity contribution >= 4 is 29.4 Å². The summed E-state index contributed by atoms with van der Waals surface area (Å²) in [6.07, 6.45) is 3.10. The topological polar surface area (TPSA) is 116 Å². The molecule has 0 saturated heterocycles. The molecular formula is C34H32N2O7S. The number of fused-ring (bicyclic) bond motifs is 1. The third-order valence-corrected chi connectivity index (χ3v) is 8.07. The highest BCUT2D eigenvalue weighted by molar-refractivity contribution is 7.07. The van der Waals surface area contributed by atoms with Gasteiger partial charge in [-0.1, -0.05) is 67.1 Å². The molecule has 0 fully saturated rings. The summed E-state index contributed by atoms with van der Waals surface area (Å²) in [5.74, 6) is -0.342. The number of nitrogens with zero attached hydrogens (tertiary/aromatic N) is 2. The third kappa shape index (κ3) is 6.35. The number of benzene rings is 3. The monoisotopic (exact) mass is 612 g/mol. The van der Waals surface area contributed by atoms with Crippen LogP contribution in [0.5, 0.6) is 11.5 Å². The maximum atomic E-state index is 14.0. The van der Waals surface area contributed by atoms with Crippen molar-refractivity contribution in [3.05, 3.63) is 126 Å². The van der Waals surface area contributed by atoms with Gasteiger partial charge in [0.05, 0.1) is 35.1 Å². The van der Waals surface area contributed by atoms with Crippen LogP contribution in [0.3, 0.4) is 0 Å². The summed E-state index contributed by atoms with van der Waals surface area (Å²) in [7, 11) is 1.56. The lowest BCUT2D eigenvalue weighted by Crippen LogP contribution is -2.40. The number of para-hydroxylation sites is 1. The molecule has 0 saturated carbocycles. The van der Waals surface area contributed by atoms with E-state index < -0.39 is 18.0 Å². The van der Waals surface area contributed by atoms with Crippen LogP contribution in [0.2, 0.25) is 0 Å². The highest BCUT2D eigenvalue weighted by atomic mass is 32.1. The average Bonchev–Trinajstić information content (AvgIpc) is 3.34. The lowest BCUT2D eigenvalue weighted by molar-refractivity contribution is -0.139. The van der Waals surface area contributed by atoms with Crippen molar-refractivity contribution in [1.82, 2.24) is 4.57 Å². The van der Waals surface area contributed by atoms with E-state index in [4.69, 9.17) is 19.2 Å². The number of carboxylic acid groups (broad SMARTS) is 1. The van der Waals surface area contributed by atoms with Gasteiger partial charge in [0.25, 0.3) is 5.56 Å². The van der Waals surface area contributed by atoms with Gasteiger partial charge < -0.3 is 19.3 Å². The van der Waals surface area contributed by atoms with E-state index in [1.807, 2.05) is 37.3 Å². The number of aromatic carboxylic acids is 1. The van der Waals surface area contributed by atoms with Crippen molar-refractivity contribution < 1.29 is 28.9 Å². The number of thiazole rings is 1. The standard InChI is InChI=1S/C34H32N2O7S/c1-4-9-26-29(33(40)42-5-2)30(25-12-6-7-13-27(25)41-3)36-31(37)28(44-34(36)35-26)19-21-14-16-24(17-15-21)43-20-22-10-8-11-23(18-22)32(38)39/h6-8,10-19,30H,4-5,9,20H2,1-3H3,(H,38,39)/b28-19-/t30-/m1/s1.